The van der Waals surface area contributed by atoms with Gasteiger partial charge in [0.2, 0.25) is 5.28 Å². The van der Waals surface area contributed by atoms with Gasteiger partial charge in [-0.05, 0) is 18.5 Å². The lowest BCUT2D eigenvalue weighted by Crippen LogP contribution is -2.04. The van der Waals surface area contributed by atoms with Crippen molar-refractivity contribution in [1.29, 1.82) is 0 Å². The highest BCUT2D eigenvalue weighted by molar-refractivity contribution is 6.28. The fourth-order valence-corrected chi connectivity index (χ4v) is 1.47. The minimum Gasteiger partial charge on any atom is -0.367 e. The van der Waals surface area contributed by atoms with Gasteiger partial charge < -0.3 is 10.3 Å². The van der Waals surface area contributed by atoms with E-state index in [0.29, 0.717) is 18.0 Å². The molecule has 0 spiro atoms. The monoisotopic (exact) mass is 235 g/mol. The Bertz CT molecular complexity index is 551. The highest BCUT2D eigenvalue weighted by Crippen LogP contribution is 2.18. The van der Waals surface area contributed by atoms with Crippen LogP contribution in [0.15, 0.2) is 6.33 Å². The van der Waals surface area contributed by atoms with Crippen molar-refractivity contribution < 1.29 is 0 Å². The Morgan fingerprint density at radius 1 is 1.50 bits per heavy atom. The smallest absolute Gasteiger partial charge is 0.226 e. The minimum atomic E-state index is 0.184. The molecule has 0 aromatic carbocycles. The Morgan fingerprint density at radius 3 is 3.19 bits per heavy atom. The molecule has 0 saturated carbocycles. The van der Waals surface area contributed by atoms with Gasteiger partial charge in [0.1, 0.15) is 5.52 Å². The number of hydrogen-bond donors (Lipinski definition) is 2. The summed E-state index contributed by atoms with van der Waals surface area (Å²) >= 11 is 5.78. The normalized spacial score (nSPS) is 9.88. The molecule has 2 N–H and O–H groups in total. The van der Waals surface area contributed by atoms with Gasteiger partial charge >= 0.3 is 0 Å². The molecule has 0 aliphatic heterocycles. The quantitative estimate of drug-likeness (QED) is 0.484. The van der Waals surface area contributed by atoms with Gasteiger partial charge in [0.25, 0.3) is 0 Å². The summed E-state index contributed by atoms with van der Waals surface area (Å²) in [4.78, 5) is 15.1. The molecular formula is C10H10ClN5. The standard InChI is InChI=1S/C10H10ClN5/c1-2-3-4-5-12-8-7-9(14-6-13-7)16-10(11)15-8/h6H,4-5H2,1H3,(H2,12,13,14,15,16). The molecule has 2 aromatic heterocycles. The zero-order valence-corrected chi connectivity index (χ0v) is 9.47. The molecule has 0 saturated heterocycles. The molecule has 0 fully saturated rings. The summed E-state index contributed by atoms with van der Waals surface area (Å²) in [5.74, 6) is 6.45. The lowest BCUT2D eigenvalue weighted by Gasteiger charge is -2.03. The third kappa shape index (κ3) is 2.23. The van der Waals surface area contributed by atoms with Crippen LogP contribution in [0.1, 0.15) is 13.3 Å². The van der Waals surface area contributed by atoms with E-state index in [1.54, 1.807) is 6.33 Å². The van der Waals surface area contributed by atoms with Gasteiger partial charge in [-0.25, -0.2) is 4.98 Å². The van der Waals surface area contributed by atoms with Crippen molar-refractivity contribution in [3.8, 4) is 11.8 Å². The Hall–Kier alpha value is -1.80. The summed E-state index contributed by atoms with van der Waals surface area (Å²) in [6.45, 7) is 2.52. The van der Waals surface area contributed by atoms with Crippen molar-refractivity contribution in [3.63, 3.8) is 0 Å². The number of aromatic nitrogens is 4. The van der Waals surface area contributed by atoms with E-state index in [1.807, 2.05) is 6.92 Å². The number of aromatic amines is 1. The highest BCUT2D eigenvalue weighted by Gasteiger charge is 2.07. The summed E-state index contributed by atoms with van der Waals surface area (Å²) in [5.41, 5.74) is 1.32. The van der Waals surface area contributed by atoms with Crippen LogP contribution in [0.2, 0.25) is 5.28 Å². The van der Waals surface area contributed by atoms with E-state index >= 15 is 0 Å². The molecule has 82 valence electrons. The lowest BCUT2D eigenvalue weighted by molar-refractivity contribution is 1.07. The zero-order valence-electron chi connectivity index (χ0n) is 8.71. The molecule has 0 aliphatic carbocycles. The Labute approximate surface area is 97.7 Å². The first kappa shape index (κ1) is 10.7. The number of fused-ring (bicyclic) bond motifs is 1. The van der Waals surface area contributed by atoms with Crippen molar-refractivity contribution in [1.82, 2.24) is 19.9 Å². The number of halogens is 1. The Kier molecular flexibility index (Phi) is 3.22. The molecule has 16 heavy (non-hydrogen) atoms. The number of nitrogens with one attached hydrogen (secondary N) is 2. The van der Waals surface area contributed by atoms with Crippen LogP contribution < -0.4 is 5.32 Å². The third-order valence-electron chi connectivity index (χ3n) is 1.98. The van der Waals surface area contributed by atoms with E-state index in [4.69, 9.17) is 11.6 Å². The molecule has 2 aromatic rings. The predicted molar refractivity (Wildman–Crippen MR) is 63.3 cm³/mol. The van der Waals surface area contributed by atoms with Crippen LogP contribution in [-0.4, -0.2) is 26.5 Å². The summed E-state index contributed by atoms with van der Waals surface area (Å²) < 4.78 is 0. The summed E-state index contributed by atoms with van der Waals surface area (Å²) in [6.07, 6.45) is 2.32. The van der Waals surface area contributed by atoms with Crippen LogP contribution >= 0.6 is 11.6 Å². The molecule has 0 radical (unpaired) electrons. The second-order valence-electron chi connectivity index (χ2n) is 3.05. The first-order valence-electron chi connectivity index (χ1n) is 4.81. The van der Waals surface area contributed by atoms with Crippen LogP contribution in [0.3, 0.4) is 0 Å². The van der Waals surface area contributed by atoms with Gasteiger partial charge in [-0.1, -0.05) is 0 Å². The lowest BCUT2D eigenvalue weighted by atomic mass is 10.4. The molecule has 2 rings (SSSR count). The van der Waals surface area contributed by atoms with Crippen molar-refractivity contribution in [2.24, 2.45) is 0 Å². The van der Waals surface area contributed by atoms with E-state index in [9.17, 15) is 0 Å². The summed E-state index contributed by atoms with van der Waals surface area (Å²) in [5, 5.41) is 3.32. The number of rotatable bonds is 3. The largest absolute Gasteiger partial charge is 0.367 e. The van der Waals surface area contributed by atoms with Crippen LogP contribution in [-0.2, 0) is 0 Å². The first-order valence-corrected chi connectivity index (χ1v) is 5.19. The van der Waals surface area contributed by atoms with Gasteiger partial charge in [-0.2, -0.15) is 9.97 Å². The van der Waals surface area contributed by atoms with E-state index in [1.165, 1.54) is 0 Å². The van der Waals surface area contributed by atoms with Crippen molar-refractivity contribution >= 4 is 28.6 Å². The Balaban J connectivity index is 2.20. The van der Waals surface area contributed by atoms with Gasteiger partial charge in [-0.3, -0.25) is 0 Å². The number of anilines is 1. The van der Waals surface area contributed by atoms with E-state index in [0.717, 1.165) is 11.9 Å². The van der Waals surface area contributed by atoms with E-state index in [-0.39, 0.29) is 5.28 Å². The maximum absolute atomic E-state index is 5.78. The molecule has 0 amide bonds. The van der Waals surface area contributed by atoms with Gasteiger partial charge in [0.15, 0.2) is 11.5 Å². The topological polar surface area (TPSA) is 66.5 Å². The zero-order chi connectivity index (χ0) is 11.4. The number of H-pyrrole nitrogens is 1. The fraction of sp³-hybridized carbons (Fsp3) is 0.300. The molecule has 0 bridgehead atoms. The van der Waals surface area contributed by atoms with Crippen molar-refractivity contribution in [2.75, 3.05) is 11.9 Å². The number of nitrogens with zero attached hydrogens (tertiary/aromatic N) is 3. The average Bonchev–Trinajstić information content (AvgIpc) is 2.72. The first-order chi connectivity index (χ1) is 7.81. The molecule has 6 heteroatoms. The molecule has 0 atom stereocenters. The molecule has 0 aliphatic rings. The minimum absolute atomic E-state index is 0.184. The van der Waals surface area contributed by atoms with E-state index < -0.39 is 0 Å². The van der Waals surface area contributed by atoms with E-state index in [2.05, 4.69) is 37.1 Å². The Morgan fingerprint density at radius 2 is 2.38 bits per heavy atom. The maximum Gasteiger partial charge on any atom is 0.226 e. The van der Waals surface area contributed by atoms with Crippen LogP contribution in [0.25, 0.3) is 11.2 Å². The second kappa shape index (κ2) is 4.81. The van der Waals surface area contributed by atoms with Crippen molar-refractivity contribution in [2.45, 2.75) is 13.3 Å². The second-order valence-corrected chi connectivity index (χ2v) is 3.38. The molecular weight excluding hydrogens is 226 g/mol. The average molecular weight is 236 g/mol. The van der Waals surface area contributed by atoms with Crippen LogP contribution in [0, 0.1) is 11.8 Å². The highest BCUT2D eigenvalue weighted by atomic mass is 35.5. The summed E-state index contributed by atoms with van der Waals surface area (Å²) in [6, 6.07) is 0. The molecule has 5 nitrogen and oxygen atoms in total. The number of hydrogen-bond acceptors (Lipinski definition) is 4. The van der Waals surface area contributed by atoms with Crippen LogP contribution in [0.5, 0.6) is 0 Å². The van der Waals surface area contributed by atoms with Crippen molar-refractivity contribution in [3.05, 3.63) is 11.6 Å². The third-order valence-corrected chi connectivity index (χ3v) is 2.15. The van der Waals surface area contributed by atoms with Gasteiger partial charge in [0.05, 0.1) is 6.33 Å². The maximum atomic E-state index is 5.78. The molecule has 2 heterocycles. The SMILES string of the molecule is CC#CCCNc1nc(Cl)nc2nc[nH]c12. The number of imidazole rings is 1. The summed E-state index contributed by atoms with van der Waals surface area (Å²) in [7, 11) is 0. The predicted octanol–water partition coefficient (Wildman–Crippen LogP) is 1.83. The van der Waals surface area contributed by atoms with Gasteiger partial charge in [-0.15, -0.1) is 11.8 Å². The van der Waals surface area contributed by atoms with Crippen LogP contribution in [0.4, 0.5) is 5.82 Å². The van der Waals surface area contributed by atoms with Gasteiger partial charge in [0, 0.05) is 13.0 Å². The molecule has 0 unspecified atom stereocenters. The fourth-order valence-electron chi connectivity index (χ4n) is 1.30.